The molecule has 1 aromatic carbocycles. The van der Waals surface area contributed by atoms with E-state index >= 15 is 0 Å². The van der Waals surface area contributed by atoms with E-state index in [1.165, 1.54) is 16.4 Å². The normalized spacial score (nSPS) is 20.2. The molecule has 1 aliphatic rings. The van der Waals surface area contributed by atoms with Crippen LogP contribution >= 0.6 is 15.9 Å². The van der Waals surface area contributed by atoms with Crippen LogP contribution in [0.5, 0.6) is 0 Å². The van der Waals surface area contributed by atoms with E-state index in [1.807, 2.05) is 0 Å². The number of nitrogens with one attached hydrogen (secondary N) is 1. The summed E-state index contributed by atoms with van der Waals surface area (Å²) in [5.41, 5.74) is 0.200. The second kappa shape index (κ2) is 6.41. The van der Waals surface area contributed by atoms with Crippen LogP contribution in [0.3, 0.4) is 0 Å². The number of hydrogen-bond acceptors (Lipinski definition) is 3. The first-order valence-electron chi connectivity index (χ1n) is 6.48. The number of piperidine rings is 1. The summed E-state index contributed by atoms with van der Waals surface area (Å²) in [5, 5.41) is 2.76. The van der Waals surface area contributed by atoms with Gasteiger partial charge in [0.05, 0.1) is 11.8 Å². The molecule has 0 aromatic heterocycles. The molecule has 1 saturated heterocycles. The maximum absolute atomic E-state index is 13.2. The number of carbonyl (C=O) groups excluding carboxylic acids is 1. The number of halogens is 2. The molecule has 8 heteroatoms. The molecule has 5 nitrogen and oxygen atoms in total. The Morgan fingerprint density at radius 2 is 2.19 bits per heavy atom. The third-order valence-corrected chi connectivity index (χ3v) is 5.32. The van der Waals surface area contributed by atoms with Gasteiger partial charge in [-0.05, 0) is 47.0 Å². The van der Waals surface area contributed by atoms with Crippen molar-refractivity contribution in [2.24, 2.45) is 0 Å². The molecule has 1 atom stereocenters. The molecule has 1 aromatic rings. The fraction of sp³-hybridized carbons (Fsp3) is 0.462. The van der Waals surface area contributed by atoms with Gasteiger partial charge in [0.25, 0.3) is 5.91 Å². The van der Waals surface area contributed by atoms with Gasteiger partial charge >= 0.3 is 0 Å². The standard InChI is InChI=1S/C13H16BrFN2O3S/c1-21(19,20)17-6-2-3-10(8-17)16-13(18)11-7-9(15)4-5-12(11)14/h4-5,7,10H,2-3,6,8H2,1H3,(H,16,18). The number of benzene rings is 1. The molecular weight excluding hydrogens is 363 g/mol. The van der Waals surface area contributed by atoms with Gasteiger partial charge in [0, 0.05) is 23.6 Å². The van der Waals surface area contributed by atoms with Gasteiger partial charge in [-0.2, -0.15) is 0 Å². The summed E-state index contributed by atoms with van der Waals surface area (Å²) < 4.78 is 38.1. The average Bonchev–Trinajstić information content (AvgIpc) is 2.41. The Morgan fingerprint density at radius 3 is 2.86 bits per heavy atom. The second-order valence-corrected chi connectivity index (χ2v) is 7.89. The zero-order valence-electron chi connectivity index (χ0n) is 11.5. The van der Waals surface area contributed by atoms with Crippen molar-refractivity contribution in [1.82, 2.24) is 9.62 Å². The number of sulfonamides is 1. The molecule has 21 heavy (non-hydrogen) atoms. The van der Waals surface area contributed by atoms with Crippen LogP contribution in [0.4, 0.5) is 4.39 Å². The molecule has 0 bridgehead atoms. The predicted molar refractivity (Wildman–Crippen MR) is 81.0 cm³/mol. The van der Waals surface area contributed by atoms with E-state index in [0.29, 0.717) is 23.9 Å². The summed E-state index contributed by atoms with van der Waals surface area (Å²) in [7, 11) is -3.26. The first kappa shape index (κ1) is 16.4. The average molecular weight is 379 g/mol. The maximum Gasteiger partial charge on any atom is 0.252 e. The molecule has 1 amide bonds. The van der Waals surface area contributed by atoms with Gasteiger partial charge in [-0.25, -0.2) is 17.1 Å². The lowest BCUT2D eigenvalue weighted by Crippen LogP contribution is -2.49. The highest BCUT2D eigenvalue weighted by Gasteiger charge is 2.27. The van der Waals surface area contributed by atoms with Gasteiger partial charge in [0.1, 0.15) is 5.82 Å². The van der Waals surface area contributed by atoms with Crippen LogP contribution in [0.15, 0.2) is 22.7 Å². The molecular formula is C13H16BrFN2O3S. The minimum Gasteiger partial charge on any atom is -0.348 e. The summed E-state index contributed by atoms with van der Waals surface area (Å²) in [5.74, 6) is -0.911. The van der Waals surface area contributed by atoms with Gasteiger partial charge in [-0.1, -0.05) is 0 Å². The van der Waals surface area contributed by atoms with Gasteiger partial charge in [0.2, 0.25) is 10.0 Å². The lowest BCUT2D eigenvalue weighted by atomic mass is 10.1. The quantitative estimate of drug-likeness (QED) is 0.870. The van der Waals surface area contributed by atoms with Crippen LogP contribution < -0.4 is 5.32 Å². The second-order valence-electron chi connectivity index (χ2n) is 5.06. The van der Waals surface area contributed by atoms with E-state index in [0.717, 1.165) is 12.3 Å². The first-order valence-corrected chi connectivity index (χ1v) is 9.12. The number of nitrogens with zero attached hydrogens (tertiary/aromatic N) is 1. The Hall–Kier alpha value is -0.990. The fourth-order valence-corrected chi connectivity index (χ4v) is 3.63. The zero-order valence-corrected chi connectivity index (χ0v) is 13.9. The number of carbonyl (C=O) groups is 1. The minimum atomic E-state index is -3.26. The Labute approximate surface area is 131 Å². The molecule has 0 aliphatic carbocycles. The maximum atomic E-state index is 13.2. The van der Waals surface area contributed by atoms with Crippen LogP contribution in [0, 0.1) is 5.82 Å². The molecule has 0 spiro atoms. The lowest BCUT2D eigenvalue weighted by molar-refractivity contribution is 0.0920. The van der Waals surface area contributed by atoms with E-state index in [1.54, 1.807) is 0 Å². The van der Waals surface area contributed by atoms with Gasteiger partial charge in [-0.15, -0.1) is 0 Å². The molecule has 1 fully saturated rings. The fourth-order valence-electron chi connectivity index (χ4n) is 2.30. The summed E-state index contributed by atoms with van der Waals surface area (Å²) in [4.78, 5) is 12.2. The Balaban J connectivity index is 2.07. The van der Waals surface area contributed by atoms with E-state index in [4.69, 9.17) is 0 Å². The predicted octanol–water partition coefficient (Wildman–Crippen LogP) is 1.74. The minimum absolute atomic E-state index is 0.200. The third-order valence-electron chi connectivity index (χ3n) is 3.36. The van der Waals surface area contributed by atoms with Crippen LogP contribution in [0.25, 0.3) is 0 Å². The number of rotatable bonds is 3. The number of amides is 1. The van der Waals surface area contributed by atoms with Crippen molar-refractivity contribution in [3.05, 3.63) is 34.1 Å². The van der Waals surface area contributed by atoms with Crippen LogP contribution in [-0.4, -0.2) is 44.0 Å². The lowest BCUT2D eigenvalue weighted by Gasteiger charge is -2.31. The molecule has 1 N–H and O–H groups in total. The highest BCUT2D eigenvalue weighted by atomic mass is 79.9. The Kier molecular flexibility index (Phi) is 5.00. The molecule has 1 aliphatic heterocycles. The van der Waals surface area contributed by atoms with Crippen molar-refractivity contribution in [2.75, 3.05) is 19.3 Å². The molecule has 2 rings (SSSR count). The largest absolute Gasteiger partial charge is 0.348 e. The zero-order chi connectivity index (χ0) is 15.6. The van der Waals surface area contributed by atoms with Crippen molar-refractivity contribution in [3.8, 4) is 0 Å². The number of hydrogen-bond donors (Lipinski definition) is 1. The van der Waals surface area contributed by atoms with E-state index in [-0.39, 0.29) is 18.2 Å². The van der Waals surface area contributed by atoms with E-state index < -0.39 is 21.7 Å². The topological polar surface area (TPSA) is 66.5 Å². The van der Waals surface area contributed by atoms with Crippen LogP contribution in [-0.2, 0) is 10.0 Å². The molecule has 1 heterocycles. The highest BCUT2D eigenvalue weighted by Crippen LogP contribution is 2.19. The van der Waals surface area contributed by atoms with Gasteiger partial charge in [-0.3, -0.25) is 4.79 Å². The van der Waals surface area contributed by atoms with E-state index in [2.05, 4.69) is 21.2 Å². The van der Waals surface area contributed by atoms with Crippen LogP contribution in [0.1, 0.15) is 23.2 Å². The highest BCUT2D eigenvalue weighted by molar-refractivity contribution is 9.10. The monoisotopic (exact) mass is 378 g/mol. The van der Waals surface area contributed by atoms with Gasteiger partial charge in [0.15, 0.2) is 0 Å². The Morgan fingerprint density at radius 1 is 1.48 bits per heavy atom. The van der Waals surface area contributed by atoms with E-state index in [9.17, 15) is 17.6 Å². The summed E-state index contributed by atoms with van der Waals surface area (Å²) in [6, 6.07) is 3.60. The van der Waals surface area contributed by atoms with Crippen LogP contribution in [0.2, 0.25) is 0 Å². The first-order chi connectivity index (χ1) is 9.77. The Bertz CT molecular complexity index is 651. The molecule has 0 saturated carbocycles. The molecule has 0 radical (unpaired) electrons. The van der Waals surface area contributed by atoms with Gasteiger partial charge < -0.3 is 5.32 Å². The summed E-state index contributed by atoms with van der Waals surface area (Å²) in [6.45, 7) is 0.715. The smallest absolute Gasteiger partial charge is 0.252 e. The SMILES string of the molecule is CS(=O)(=O)N1CCCC(NC(=O)c2cc(F)ccc2Br)C1. The van der Waals surface area contributed by atoms with Crippen molar-refractivity contribution >= 4 is 31.9 Å². The van der Waals surface area contributed by atoms with Crippen molar-refractivity contribution in [1.29, 1.82) is 0 Å². The van der Waals surface area contributed by atoms with Crippen molar-refractivity contribution in [3.63, 3.8) is 0 Å². The molecule has 1 unspecified atom stereocenters. The summed E-state index contributed by atoms with van der Waals surface area (Å²) in [6.07, 6.45) is 2.54. The summed E-state index contributed by atoms with van der Waals surface area (Å²) >= 11 is 3.21. The van der Waals surface area contributed by atoms with Crippen molar-refractivity contribution in [2.45, 2.75) is 18.9 Å². The molecule has 116 valence electrons. The van der Waals surface area contributed by atoms with Crippen molar-refractivity contribution < 1.29 is 17.6 Å². The third kappa shape index (κ3) is 4.24.